The Kier molecular flexibility index (Phi) is 38.9. The molecule has 0 aliphatic heterocycles. The molecule has 0 aromatic rings. The van der Waals surface area contributed by atoms with Gasteiger partial charge in [-0.15, -0.1) is 0 Å². The zero-order valence-corrected chi connectivity index (χ0v) is 26.2. The molecule has 0 saturated carbocycles. The molecule has 0 aromatic carbocycles. The van der Waals surface area contributed by atoms with Crippen molar-refractivity contribution in [3.05, 3.63) is 20.9 Å². The second-order valence-corrected chi connectivity index (χ2v) is 10.4. The number of azide groups is 2. The Morgan fingerprint density at radius 3 is 0.786 bits per heavy atom. The van der Waals surface area contributed by atoms with E-state index < -0.39 is 0 Å². The minimum atomic E-state index is 0.331. The van der Waals surface area contributed by atoms with Crippen LogP contribution in [0.25, 0.3) is 20.9 Å². The largest absolute Gasteiger partial charge is 0.379 e. The molecule has 42 heavy (non-hydrogen) atoms. The predicted octanol–water partition coefficient (Wildman–Crippen LogP) is 3.15. The van der Waals surface area contributed by atoms with Crippen LogP contribution in [0.1, 0.15) is 0 Å². The maximum atomic E-state index is 8.13. The van der Waals surface area contributed by atoms with Gasteiger partial charge in [-0.05, 0) is 11.1 Å². The Balaban J connectivity index is 3.04. The maximum Gasteiger partial charge on any atom is 0.0701 e. The molecule has 0 heterocycles. The summed E-state index contributed by atoms with van der Waals surface area (Å²) in [6.07, 6.45) is 0. The Morgan fingerprint density at radius 1 is 0.333 bits per heavy atom. The van der Waals surface area contributed by atoms with Gasteiger partial charge in [-0.25, -0.2) is 0 Å². The summed E-state index contributed by atoms with van der Waals surface area (Å²) < 4.78 is 54.0. The number of nitrogens with zero attached hydrogens (tertiary/aromatic N) is 6. The van der Waals surface area contributed by atoms with E-state index in [2.05, 4.69) is 20.1 Å². The third kappa shape index (κ3) is 38.9. The molecule has 0 aliphatic rings. The molecule has 0 atom stereocenters. The highest BCUT2D eigenvalue weighted by Crippen LogP contribution is 2.20. The van der Waals surface area contributed by atoms with Gasteiger partial charge in [0.25, 0.3) is 0 Å². The first-order chi connectivity index (χ1) is 20.9. The van der Waals surface area contributed by atoms with Gasteiger partial charge in [-0.2, -0.15) is 0 Å². The molecule has 0 radical (unpaired) electrons. The van der Waals surface area contributed by atoms with Gasteiger partial charge in [0.05, 0.1) is 132 Å². The zero-order valence-electron chi connectivity index (χ0n) is 24.6. The van der Waals surface area contributed by atoms with E-state index in [1.54, 1.807) is 21.6 Å². The van der Waals surface area contributed by atoms with Crippen molar-refractivity contribution in [3.8, 4) is 0 Å². The van der Waals surface area contributed by atoms with Crippen molar-refractivity contribution in [2.75, 3.05) is 157 Å². The van der Waals surface area contributed by atoms with Crippen LogP contribution in [-0.4, -0.2) is 157 Å². The van der Waals surface area contributed by atoms with E-state index >= 15 is 0 Å². The molecule has 0 fully saturated rings. The summed E-state index contributed by atoms with van der Waals surface area (Å²) in [5.74, 6) is 1.82. The maximum absolute atomic E-state index is 8.13. The molecule has 0 saturated heterocycles. The lowest BCUT2D eigenvalue weighted by atomic mass is 10.7. The zero-order chi connectivity index (χ0) is 30.3. The first-order valence-corrected chi connectivity index (χ1v) is 16.4. The molecule has 0 bridgehead atoms. The fourth-order valence-electron chi connectivity index (χ4n) is 2.57. The van der Waals surface area contributed by atoms with Crippen LogP contribution in [-0.2, 0) is 47.4 Å². The second kappa shape index (κ2) is 39.9. The van der Waals surface area contributed by atoms with Crippen molar-refractivity contribution >= 4 is 21.6 Å². The Bertz CT molecular complexity index is 587. The first kappa shape index (κ1) is 40.9. The van der Waals surface area contributed by atoms with Crippen molar-refractivity contribution < 1.29 is 47.4 Å². The summed E-state index contributed by atoms with van der Waals surface area (Å²) in [6.45, 7) is 11.0. The smallest absolute Gasteiger partial charge is 0.0701 e. The molecule has 0 unspecified atom stereocenters. The Labute approximate surface area is 256 Å². The van der Waals surface area contributed by atoms with Gasteiger partial charge in [0.1, 0.15) is 0 Å². The van der Waals surface area contributed by atoms with Crippen molar-refractivity contribution in [1.29, 1.82) is 0 Å². The minimum absolute atomic E-state index is 0.331. The van der Waals surface area contributed by atoms with E-state index in [4.69, 9.17) is 58.4 Å². The monoisotopic (exact) mass is 644 g/mol. The van der Waals surface area contributed by atoms with Crippen molar-refractivity contribution in [3.63, 3.8) is 0 Å². The fraction of sp³-hybridized carbons (Fsp3) is 1.00. The fourth-order valence-corrected chi connectivity index (χ4v) is 4.29. The van der Waals surface area contributed by atoms with Gasteiger partial charge in [0.15, 0.2) is 0 Å². The molecule has 0 aromatic heterocycles. The Hall–Kier alpha value is -1.08. The van der Waals surface area contributed by atoms with Gasteiger partial charge in [-0.3, -0.25) is 0 Å². The summed E-state index contributed by atoms with van der Waals surface area (Å²) in [5, 5.41) is 6.74. The molecular formula is C24H48N6O10S2. The molecule has 0 spiro atoms. The molecule has 18 heteroatoms. The van der Waals surface area contributed by atoms with Crippen LogP contribution >= 0.6 is 21.6 Å². The number of ether oxygens (including phenoxy) is 10. The first-order valence-electron chi connectivity index (χ1n) is 13.9. The van der Waals surface area contributed by atoms with Gasteiger partial charge in [0, 0.05) is 34.4 Å². The standard InChI is InChI=1S/C24H48N6O10S2/c25-29-27-1-3-31-5-7-33-9-11-35-13-15-37-17-19-39-21-23-41-42-24-22-40-20-18-38-16-14-36-12-10-34-8-6-32-4-2-28-30-26/h1-24H2. The molecular weight excluding hydrogens is 596 g/mol. The summed E-state index contributed by atoms with van der Waals surface area (Å²) >= 11 is 0. The summed E-state index contributed by atoms with van der Waals surface area (Å²) in [5.41, 5.74) is 16.3. The highest BCUT2D eigenvalue weighted by atomic mass is 33.1. The lowest BCUT2D eigenvalue weighted by Gasteiger charge is -2.08. The second-order valence-electron chi connectivity index (χ2n) is 7.68. The van der Waals surface area contributed by atoms with E-state index in [1.165, 1.54) is 0 Å². The summed E-state index contributed by atoms with van der Waals surface area (Å²) in [4.78, 5) is 5.29. The Morgan fingerprint density at radius 2 is 0.548 bits per heavy atom. The molecule has 246 valence electrons. The average Bonchev–Trinajstić information content (AvgIpc) is 3.00. The van der Waals surface area contributed by atoms with E-state index in [0.717, 1.165) is 11.5 Å². The topological polar surface area (TPSA) is 190 Å². The highest BCUT2D eigenvalue weighted by molar-refractivity contribution is 8.76. The normalized spacial score (nSPS) is 11.0. The van der Waals surface area contributed by atoms with E-state index in [0.29, 0.717) is 145 Å². The number of rotatable bonds is 37. The SMILES string of the molecule is [N-]=[N+]=NCCOCCOCCOCCOCCOCCSSCCOCCOCCOCCOCCOCCN=[N+]=[N-]. The third-order valence-electron chi connectivity index (χ3n) is 4.48. The van der Waals surface area contributed by atoms with Gasteiger partial charge in [-0.1, -0.05) is 31.8 Å². The van der Waals surface area contributed by atoms with Crippen LogP contribution in [0.2, 0.25) is 0 Å². The minimum Gasteiger partial charge on any atom is -0.379 e. The molecule has 16 nitrogen and oxygen atoms in total. The highest BCUT2D eigenvalue weighted by Gasteiger charge is 1.97. The third-order valence-corrected chi connectivity index (χ3v) is 6.81. The van der Waals surface area contributed by atoms with E-state index in [1.807, 2.05) is 0 Å². The number of hydrogen-bond donors (Lipinski definition) is 0. The van der Waals surface area contributed by atoms with Crippen LogP contribution in [0.3, 0.4) is 0 Å². The van der Waals surface area contributed by atoms with Gasteiger partial charge >= 0.3 is 0 Å². The van der Waals surface area contributed by atoms with E-state index in [-0.39, 0.29) is 0 Å². The molecule has 0 rings (SSSR count). The van der Waals surface area contributed by atoms with Crippen LogP contribution in [0, 0.1) is 0 Å². The molecule has 0 aliphatic carbocycles. The van der Waals surface area contributed by atoms with Crippen LogP contribution in [0.4, 0.5) is 0 Å². The van der Waals surface area contributed by atoms with Crippen LogP contribution < -0.4 is 0 Å². The van der Waals surface area contributed by atoms with Crippen molar-refractivity contribution in [2.45, 2.75) is 0 Å². The average molecular weight is 645 g/mol. The van der Waals surface area contributed by atoms with Crippen LogP contribution in [0.15, 0.2) is 10.2 Å². The summed E-state index contributed by atoms with van der Waals surface area (Å²) in [6, 6.07) is 0. The lowest BCUT2D eigenvalue weighted by molar-refractivity contribution is -0.00953. The van der Waals surface area contributed by atoms with Gasteiger partial charge in [0.2, 0.25) is 0 Å². The van der Waals surface area contributed by atoms with Gasteiger partial charge < -0.3 is 47.4 Å². The quantitative estimate of drug-likeness (QED) is 0.0316. The van der Waals surface area contributed by atoms with Crippen molar-refractivity contribution in [2.24, 2.45) is 10.2 Å². The van der Waals surface area contributed by atoms with E-state index in [9.17, 15) is 0 Å². The number of hydrogen-bond acceptors (Lipinski definition) is 14. The van der Waals surface area contributed by atoms with Crippen LogP contribution in [0.5, 0.6) is 0 Å². The lowest BCUT2D eigenvalue weighted by Crippen LogP contribution is -2.14. The predicted molar refractivity (Wildman–Crippen MR) is 161 cm³/mol. The van der Waals surface area contributed by atoms with Crippen molar-refractivity contribution in [1.82, 2.24) is 0 Å². The molecule has 0 amide bonds. The molecule has 0 N–H and O–H groups in total. The summed E-state index contributed by atoms with van der Waals surface area (Å²) in [7, 11) is 3.53.